The molecule has 0 aromatic heterocycles. The summed E-state index contributed by atoms with van der Waals surface area (Å²) >= 11 is 0. The summed E-state index contributed by atoms with van der Waals surface area (Å²) in [5, 5.41) is 6.68. The van der Waals surface area contributed by atoms with Gasteiger partial charge in [0.2, 0.25) is 6.79 Å². The Morgan fingerprint density at radius 1 is 1.20 bits per heavy atom. The van der Waals surface area contributed by atoms with E-state index in [4.69, 9.17) is 14.2 Å². The molecule has 140 valence electrons. The Kier molecular flexibility index (Phi) is 8.34. The standard InChI is InChI=1S/C18H30N4O3/c1-19-18(21-9-11-22(2)10-4-12-23-3)20-8-7-15-5-6-16-17(13-15)25-14-24-16/h5-6,13H,4,7-12,14H2,1-3H3,(H2,19,20,21). The van der Waals surface area contributed by atoms with Crippen LogP contribution in [0.2, 0.25) is 0 Å². The molecule has 1 heterocycles. The van der Waals surface area contributed by atoms with Crippen molar-refractivity contribution < 1.29 is 14.2 Å². The topological polar surface area (TPSA) is 67.4 Å². The zero-order chi connectivity index (χ0) is 17.9. The molecular weight excluding hydrogens is 320 g/mol. The first-order chi connectivity index (χ1) is 12.2. The molecule has 0 unspecified atom stereocenters. The molecule has 2 N–H and O–H groups in total. The molecule has 25 heavy (non-hydrogen) atoms. The van der Waals surface area contributed by atoms with Crippen molar-refractivity contribution in [3.8, 4) is 11.5 Å². The average molecular weight is 350 g/mol. The second-order valence-corrected chi connectivity index (χ2v) is 6.01. The van der Waals surface area contributed by atoms with Crippen molar-refractivity contribution in [3.05, 3.63) is 23.8 Å². The number of aliphatic imine (C=N–C) groups is 1. The van der Waals surface area contributed by atoms with Crippen LogP contribution in [-0.2, 0) is 11.2 Å². The smallest absolute Gasteiger partial charge is 0.231 e. The number of benzene rings is 1. The Balaban J connectivity index is 1.62. The number of fused-ring (bicyclic) bond motifs is 1. The van der Waals surface area contributed by atoms with Gasteiger partial charge in [-0.2, -0.15) is 0 Å². The van der Waals surface area contributed by atoms with E-state index in [1.165, 1.54) is 5.56 Å². The summed E-state index contributed by atoms with van der Waals surface area (Å²) in [5.74, 6) is 2.48. The lowest BCUT2D eigenvalue weighted by atomic mass is 10.1. The number of guanidine groups is 1. The third kappa shape index (κ3) is 6.80. The van der Waals surface area contributed by atoms with Gasteiger partial charge < -0.3 is 29.7 Å². The molecule has 0 saturated heterocycles. The van der Waals surface area contributed by atoms with Crippen molar-refractivity contribution in [3.63, 3.8) is 0 Å². The number of rotatable bonds is 10. The summed E-state index contributed by atoms with van der Waals surface area (Å²) in [6, 6.07) is 6.07. The Hall–Kier alpha value is -1.99. The lowest BCUT2D eigenvalue weighted by Gasteiger charge is -2.18. The van der Waals surface area contributed by atoms with E-state index in [0.29, 0.717) is 6.79 Å². The SMILES string of the molecule is CN=C(NCCc1ccc2c(c1)OCO2)NCCN(C)CCCOC. The fraction of sp³-hybridized carbons (Fsp3) is 0.611. The highest BCUT2D eigenvalue weighted by atomic mass is 16.7. The maximum absolute atomic E-state index is 5.41. The number of ether oxygens (including phenoxy) is 3. The van der Waals surface area contributed by atoms with Gasteiger partial charge in [-0.15, -0.1) is 0 Å². The first kappa shape index (κ1) is 19.3. The molecule has 7 nitrogen and oxygen atoms in total. The number of methoxy groups -OCH3 is 1. The van der Waals surface area contributed by atoms with Gasteiger partial charge in [0.15, 0.2) is 17.5 Å². The third-order valence-electron chi connectivity index (χ3n) is 4.04. The van der Waals surface area contributed by atoms with E-state index in [9.17, 15) is 0 Å². The van der Waals surface area contributed by atoms with Crippen molar-refractivity contribution in [2.45, 2.75) is 12.8 Å². The normalized spacial score (nSPS) is 13.4. The highest BCUT2D eigenvalue weighted by molar-refractivity contribution is 5.79. The summed E-state index contributed by atoms with van der Waals surface area (Å²) in [4.78, 5) is 6.54. The van der Waals surface area contributed by atoms with Gasteiger partial charge in [0.25, 0.3) is 0 Å². The van der Waals surface area contributed by atoms with Gasteiger partial charge in [0.05, 0.1) is 0 Å². The molecular formula is C18H30N4O3. The summed E-state index contributed by atoms with van der Waals surface area (Å²) in [7, 11) is 5.65. The van der Waals surface area contributed by atoms with Crippen LogP contribution in [0.5, 0.6) is 11.5 Å². The highest BCUT2D eigenvalue weighted by Gasteiger charge is 2.12. The van der Waals surface area contributed by atoms with Gasteiger partial charge in [0.1, 0.15) is 0 Å². The molecule has 0 atom stereocenters. The minimum Gasteiger partial charge on any atom is -0.454 e. The molecule has 0 saturated carbocycles. The average Bonchev–Trinajstić information content (AvgIpc) is 3.08. The summed E-state index contributed by atoms with van der Waals surface area (Å²) in [6.07, 6.45) is 1.95. The second kappa shape index (κ2) is 10.8. The zero-order valence-corrected chi connectivity index (χ0v) is 15.5. The summed E-state index contributed by atoms with van der Waals surface area (Å²) < 4.78 is 15.8. The van der Waals surface area contributed by atoms with Crippen LogP contribution in [0.4, 0.5) is 0 Å². The van der Waals surface area contributed by atoms with Crippen molar-refractivity contribution in [2.24, 2.45) is 4.99 Å². The Labute approximate surface area is 150 Å². The van der Waals surface area contributed by atoms with Crippen LogP contribution in [0.1, 0.15) is 12.0 Å². The molecule has 1 aromatic carbocycles. The zero-order valence-electron chi connectivity index (χ0n) is 15.5. The van der Waals surface area contributed by atoms with Gasteiger partial charge in [-0.3, -0.25) is 4.99 Å². The van der Waals surface area contributed by atoms with Crippen LogP contribution >= 0.6 is 0 Å². The fourth-order valence-corrected chi connectivity index (χ4v) is 2.60. The molecule has 0 fully saturated rings. The molecule has 2 rings (SSSR count). The highest BCUT2D eigenvalue weighted by Crippen LogP contribution is 2.32. The predicted octanol–water partition coefficient (Wildman–Crippen LogP) is 1.09. The van der Waals surface area contributed by atoms with E-state index in [1.54, 1.807) is 14.2 Å². The Morgan fingerprint density at radius 2 is 2.00 bits per heavy atom. The molecule has 1 aliphatic heterocycles. The van der Waals surface area contributed by atoms with E-state index in [2.05, 4.69) is 33.6 Å². The molecule has 0 bridgehead atoms. The number of likely N-dealkylation sites (N-methyl/N-ethyl adjacent to an activating group) is 1. The summed E-state index contributed by atoms with van der Waals surface area (Å²) in [6.45, 7) is 4.78. The second-order valence-electron chi connectivity index (χ2n) is 6.01. The summed E-state index contributed by atoms with van der Waals surface area (Å²) in [5.41, 5.74) is 1.21. The molecule has 1 aromatic rings. The van der Waals surface area contributed by atoms with Crippen molar-refractivity contribution in [1.29, 1.82) is 0 Å². The minimum atomic E-state index is 0.313. The third-order valence-corrected chi connectivity index (χ3v) is 4.04. The van der Waals surface area contributed by atoms with Crippen LogP contribution in [0.25, 0.3) is 0 Å². The van der Waals surface area contributed by atoms with E-state index in [0.717, 1.165) is 63.1 Å². The first-order valence-electron chi connectivity index (χ1n) is 8.73. The molecule has 0 aliphatic carbocycles. The molecule has 0 amide bonds. The lowest BCUT2D eigenvalue weighted by Crippen LogP contribution is -2.41. The maximum Gasteiger partial charge on any atom is 0.231 e. The first-order valence-corrected chi connectivity index (χ1v) is 8.73. The van der Waals surface area contributed by atoms with Crippen LogP contribution in [0.3, 0.4) is 0 Å². The fourth-order valence-electron chi connectivity index (χ4n) is 2.60. The number of hydrogen-bond donors (Lipinski definition) is 2. The van der Waals surface area contributed by atoms with Crippen LogP contribution in [0.15, 0.2) is 23.2 Å². The number of hydrogen-bond acceptors (Lipinski definition) is 5. The van der Waals surface area contributed by atoms with Crippen LogP contribution < -0.4 is 20.1 Å². The van der Waals surface area contributed by atoms with Crippen LogP contribution in [0, 0.1) is 0 Å². The van der Waals surface area contributed by atoms with Gasteiger partial charge in [-0.25, -0.2) is 0 Å². The molecule has 1 aliphatic rings. The Bertz CT molecular complexity index is 551. The minimum absolute atomic E-state index is 0.313. The number of nitrogens with one attached hydrogen (secondary N) is 2. The van der Waals surface area contributed by atoms with E-state index in [1.807, 2.05) is 12.1 Å². The predicted molar refractivity (Wildman–Crippen MR) is 99.6 cm³/mol. The largest absolute Gasteiger partial charge is 0.454 e. The van der Waals surface area contributed by atoms with Gasteiger partial charge in [0, 0.05) is 46.9 Å². The molecule has 0 radical (unpaired) electrons. The van der Waals surface area contributed by atoms with Crippen molar-refractivity contribution in [2.75, 3.05) is 60.8 Å². The molecule has 0 spiro atoms. The lowest BCUT2D eigenvalue weighted by molar-refractivity contribution is 0.174. The van der Waals surface area contributed by atoms with Crippen molar-refractivity contribution >= 4 is 5.96 Å². The quantitative estimate of drug-likeness (QED) is 0.374. The Morgan fingerprint density at radius 3 is 2.80 bits per heavy atom. The number of nitrogens with zero attached hydrogens (tertiary/aromatic N) is 2. The molecule has 7 heteroatoms. The monoisotopic (exact) mass is 350 g/mol. The van der Waals surface area contributed by atoms with E-state index >= 15 is 0 Å². The van der Waals surface area contributed by atoms with Gasteiger partial charge >= 0.3 is 0 Å². The van der Waals surface area contributed by atoms with Crippen LogP contribution in [-0.4, -0.2) is 71.6 Å². The van der Waals surface area contributed by atoms with Crippen molar-refractivity contribution in [1.82, 2.24) is 15.5 Å². The van der Waals surface area contributed by atoms with Gasteiger partial charge in [-0.1, -0.05) is 6.07 Å². The van der Waals surface area contributed by atoms with Gasteiger partial charge in [-0.05, 0) is 37.6 Å². The maximum atomic E-state index is 5.41. The van der Waals surface area contributed by atoms with E-state index < -0.39 is 0 Å². The van der Waals surface area contributed by atoms with E-state index in [-0.39, 0.29) is 0 Å².